The van der Waals surface area contributed by atoms with Crippen molar-refractivity contribution in [3.63, 3.8) is 0 Å². The van der Waals surface area contributed by atoms with Crippen LogP contribution in [-0.2, 0) is 6.42 Å². The fourth-order valence-electron chi connectivity index (χ4n) is 5.51. The van der Waals surface area contributed by atoms with Gasteiger partial charge in [0, 0.05) is 64.9 Å². The molecule has 1 fully saturated rings. The summed E-state index contributed by atoms with van der Waals surface area (Å²) < 4.78 is 5.73. The number of furan rings is 1. The molecule has 8 nitrogen and oxygen atoms in total. The quantitative estimate of drug-likeness (QED) is 0.169. The zero-order valence-corrected chi connectivity index (χ0v) is 23.8. The Balaban J connectivity index is 0.989. The summed E-state index contributed by atoms with van der Waals surface area (Å²) in [6.45, 7) is 4.88. The summed E-state index contributed by atoms with van der Waals surface area (Å²) in [5.74, 6) is -1.01. The molecule has 1 aliphatic heterocycles. The fourth-order valence-corrected chi connectivity index (χ4v) is 5.64. The van der Waals surface area contributed by atoms with Gasteiger partial charge in [-0.2, -0.15) is 5.26 Å². The van der Waals surface area contributed by atoms with Gasteiger partial charge in [-0.1, -0.05) is 11.6 Å². The van der Waals surface area contributed by atoms with Crippen LogP contribution >= 0.6 is 11.6 Å². The van der Waals surface area contributed by atoms with Crippen LogP contribution < -0.4 is 10.2 Å². The second-order valence-corrected chi connectivity index (χ2v) is 11.0. The Hall–Kier alpha value is -4.58. The van der Waals surface area contributed by atoms with Gasteiger partial charge < -0.3 is 14.3 Å². The summed E-state index contributed by atoms with van der Waals surface area (Å²) in [5.41, 5.74) is 5.08. The number of amides is 2. The number of carbonyl (C=O) groups is 2. The molecule has 5 aromatic rings. The van der Waals surface area contributed by atoms with E-state index in [2.05, 4.69) is 32.4 Å². The van der Waals surface area contributed by atoms with Gasteiger partial charge in [0.2, 0.25) is 0 Å². The first-order valence-electron chi connectivity index (χ1n) is 14.1. The standard InChI is InChI=1S/C33H30ClN5O3/c34-26-7-5-23(6-8-26)32(40)37-33(41)31-19-25-18-27(9-11-30(25)42-31)39-15-13-38(14-16-39)12-2-1-3-24-21-36-29-10-4-22(20-35)17-28(24)29/h4-11,17-19,21,36H,1-3,12-16H2,(H,37,40,41). The van der Waals surface area contributed by atoms with Gasteiger partial charge in [-0.05, 0) is 98.1 Å². The Kier molecular flexibility index (Phi) is 7.95. The van der Waals surface area contributed by atoms with Gasteiger partial charge in [-0.15, -0.1) is 0 Å². The van der Waals surface area contributed by atoms with Gasteiger partial charge in [0.1, 0.15) is 5.58 Å². The van der Waals surface area contributed by atoms with Crippen LogP contribution in [0.4, 0.5) is 5.69 Å². The van der Waals surface area contributed by atoms with Crippen LogP contribution in [0.15, 0.2) is 77.3 Å². The van der Waals surface area contributed by atoms with Crippen LogP contribution in [0, 0.1) is 11.3 Å². The number of H-pyrrole nitrogens is 1. The summed E-state index contributed by atoms with van der Waals surface area (Å²) in [4.78, 5) is 33.3. The second kappa shape index (κ2) is 12.1. The highest BCUT2D eigenvalue weighted by Crippen LogP contribution is 2.27. The van der Waals surface area contributed by atoms with Crippen molar-refractivity contribution in [2.45, 2.75) is 19.3 Å². The number of aromatic nitrogens is 1. The third-order valence-corrected chi connectivity index (χ3v) is 8.11. The van der Waals surface area contributed by atoms with Crippen LogP contribution in [0.3, 0.4) is 0 Å². The van der Waals surface area contributed by atoms with E-state index in [0.29, 0.717) is 21.7 Å². The molecule has 2 aromatic heterocycles. The van der Waals surface area contributed by atoms with Crippen LogP contribution in [-0.4, -0.2) is 54.4 Å². The average molecular weight is 580 g/mol. The maximum absolute atomic E-state index is 12.7. The zero-order valence-electron chi connectivity index (χ0n) is 23.0. The number of nitrogens with zero attached hydrogens (tertiary/aromatic N) is 3. The van der Waals surface area contributed by atoms with E-state index in [1.807, 2.05) is 36.4 Å². The van der Waals surface area contributed by atoms with E-state index < -0.39 is 11.8 Å². The highest BCUT2D eigenvalue weighted by Gasteiger charge is 2.20. The molecule has 0 atom stereocenters. The van der Waals surface area contributed by atoms with E-state index in [4.69, 9.17) is 16.0 Å². The third-order valence-electron chi connectivity index (χ3n) is 7.86. The van der Waals surface area contributed by atoms with Crippen LogP contribution in [0.25, 0.3) is 21.9 Å². The number of aryl methyl sites for hydroxylation is 1. The van der Waals surface area contributed by atoms with Crippen LogP contribution in [0.2, 0.25) is 5.02 Å². The number of hydrogen-bond acceptors (Lipinski definition) is 6. The summed E-state index contributed by atoms with van der Waals surface area (Å²) in [6.07, 6.45) is 5.28. The molecule has 3 heterocycles. The number of hydrogen-bond donors (Lipinski definition) is 2. The molecule has 9 heteroatoms. The number of imide groups is 1. The molecule has 6 rings (SSSR count). The van der Waals surface area contributed by atoms with Crippen molar-refractivity contribution in [1.29, 1.82) is 5.26 Å². The molecule has 1 saturated heterocycles. The van der Waals surface area contributed by atoms with Crippen molar-refractivity contribution in [2.75, 3.05) is 37.6 Å². The average Bonchev–Trinajstić information content (AvgIpc) is 3.63. The number of nitriles is 1. The molecule has 42 heavy (non-hydrogen) atoms. The molecular formula is C33H30ClN5O3. The van der Waals surface area contributed by atoms with Crippen molar-refractivity contribution in [3.8, 4) is 6.07 Å². The Morgan fingerprint density at radius 1 is 0.952 bits per heavy atom. The molecule has 1 aliphatic rings. The second-order valence-electron chi connectivity index (χ2n) is 10.6. The lowest BCUT2D eigenvalue weighted by atomic mass is 10.1. The highest BCUT2D eigenvalue weighted by molar-refractivity contribution is 6.30. The number of halogens is 1. The number of benzene rings is 3. The number of fused-ring (bicyclic) bond motifs is 2. The predicted molar refractivity (Wildman–Crippen MR) is 164 cm³/mol. The lowest BCUT2D eigenvalue weighted by molar-refractivity contribution is 0.0834. The maximum atomic E-state index is 12.7. The summed E-state index contributed by atoms with van der Waals surface area (Å²) in [5, 5.41) is 14.1. The Labute approximate surface area is 248 Å². The van der Waals surface area contributed by atoms with Crippen LogP contribution in [0.1, 0.15) is 44.9 Å². The first kappa shape index (κ1) is 27.6. The molecule has 2 amide bonds. The largest absolute Gasteiger partial charge is 0.451 e. The van der Waals surface area contributed by atoms with Crippen molar-refractivity contribution in [3.05, 3.63) is 100 Å². The molecule has 0 saturated carbocycles. The molecule has 0 aliphatic carbocycles. The monoisotopic (exact) mass is 579 g/mol. The summed E-state index contributed by atoms with van der Waals surface area (Å²) >= 11 is 5.88. The van der Waals surface area contributed by atoms with Gasteiger partial charge in [-0.25, -0.2) is 0 Å². The molecular weight excluding hydrogens is 550 g/mol. The van der Waals surface area contributed by atoms with E-state index in [9.17, 15) is 14.9 Å². The first-order chi connectivity index (χ1) is 20.5. The van der Waals surface area contributed by atoms with E-state index in [0.717, 1.165) is 74.0 Å². The maximum Gasteiger partial charge on any atom is 0.293 e. The number of anilines is 1. The molecule has 3 aromatic carbocycles. The van der Waals surface area contributed by atoms with E-state index in [1.165, 1.54) is 5.56 Å². The normalized spacial score (nSPS) is 13.9. The number of rotatable bonds is 8. The summed E-state index contributed by atoms with van der Waals surface area (Å²) in [6, 6.07) is 21.9. The zero-order chi connectivity index (χ0) is 29.1. The van der Waals surface area contributed by atoms with Gasteiger partial charge in [-0.3, -0.25) is 19.8 Å². The molecule has 0 radical (unpaired) electrons. The minimum atomic E-state index is -0.585. The highest BCUT2D eigenvalue weighted by atomic mass is 35.5. The van der Waals surface area contributed by atoms with E-state index >= 15 is 0 Å². The molecule has 0 unspecified atom stereocenters. The lowest BCUT2D eigenvalue weighted by Gasteiger charge is -2.36. The van der Waals surface area contributed by atoms with E-state index in [1.54, 1.807) is 30.3 Å². The Bertz CT molecular complexity index is 1790. The van der Waals surface area contributed by atoms with Crippen molar-refractivity contribution in [1.82, 2.24) is 15.2 Å². The minimum absolute atomic E-state index is 0.0902. The fraction of sp³-hybridized carbons (Fsp3) is 0.242. The predicted octanol–water partition coefficient (Wildman–Crippen LogP) is 6.15. The number of unbranched alkanes of at least 4 members (excludes halogenated alkanes) is 1. The summed E-state index contributed by atoms with van der Waals surface area (Å²) in [7, 11) is 0. The Morgan fingerprint density at radius 3 is 2.55 bits per heavy atom. The Morgan fingerprint density at radius 2 is 1.76 bits per heavy atom. The smallest absolute Gasteiger partial charge is 0.293 e. The van der Waals surface area contributed by atoms with E-state index in [-0.39, 0.29) is 5.76 Å². The van der Waals surface area contributed by atoms with Crippen molar-refractivity contribution >= 4 is 51.0 Å². The number of carbonyl (C=O) groups excluding carboxylic acids is 2. The van der Waals surface area contributed by atoms with Crippen LogP contribution in [0.5, 0.6) is 0 Å². The van der Waals surface area contributed by atoms with Gasteiger partial charge >= 0.3 is 0 Å². The number of aromatic amines is 1. The molecule has 2 N–H and O–H groups in total. The molecule has 212 valence electrons. The molecule has 0 bridgehead atoms. The van der Waals surface area contributed by atoms with Gasteiger partial charge in [0.05, 0.1) is 11.6 Å². The SMILES string of the molecule is N#Cc1ccc2[nH]cc(CCCCN3CCN(c4ccc5oc(C(=O)NC(=O)c6ccc(Cl)cc6)cc5c4)CC3)c2c1. The number of nitrogens with one attached hydrogen (secondary N) is 2. The van der Waals surface area contributed by atoms with Crippen molar-refractivity contribution < 1.29 is 14.0 Å². The lowest BCUT2D eigenvalue weighted by Crippen LogP contribution is -2.46. The van der Waals surface area contributed by atoms with Crippen molar-refractivity contribution in [2.24, 2.45) is 0 Å². The first-order valence-corrected chi connectivity index (χ1v) is 14.5. The third kappa shape index (κ3) is 6.03. The van der Waals surface area contributed by atoms with Gasteiger partial charge in [0.25, 0.3) is 11.8 Å². The topological polar surface area (TPSA) is 105 Å². The number of piperazine rings is 1. The van der Waals surface area contributed by atoms with Gasteiger partial charge in [0.15, 0.2) is 5.76 Å². The minimum Gasteiger partial charge on any atom is -0.451 e. The molecule has 0 spiro atoms.